The fourth-order valence-corrected chi connectivity index (χ4v) is 0.913. The minimum Gasteiger partial charge on any atom is -0.444 e. The molecule has 1 amide bonds. The molecule has 0 aromatic carbocycles. The van der Waals surface area contributed by atoms with Gasteiger partial charge in [-0.2, -0.15) is 5.26 Å². The molecule has 0 rings (SSSR count). The van der Waals surface area contributed by atoms with Gasteiger partial charge >= 0.3 is 6.09 Å². The first-order valence-electron chi connectivity index (χ1n) is 4.67. The second kappa shape index (κ2) is 4.85. The van der Waals surface area contributed by atoms with Gasteiger partial charge in [0.15, 0.2) is 0 Å². The number of ether oxygens (including phenoxy) is 1. The van der Waals surface area contributed by atoms with Gasteiger partial charge in [0.1, 0.15) is 11.6 Å². The Hall–Kier alpha value is -1.24. The molecule has 0 radical (unpaired) electrons. The monoisotopic (exact) mass is 198 g/mol. The molecule has 0 spiro atoms. The maximum Gasteiger partial charge on any atom is 0.411 e. The van der Waals surface area contributed by atoms with Gasteiger partial charge in [0.2, 0.25) is 0 Å². The fraction of sp³-hybridized carbons (Fsp3) is 0.800. The summed E-state index contributed by atoms with van der Waals surface area (Å²) in [6, 6.07) is 1.63. The molecule has 0 N–H and O–H groups in total. The predicted molar refractivity (Wildman–Crippen MR) is 53.7 cm³/mol. The maximum atomic E-state index is 11.5. The lowest BCUT2D eigenvalue weighted by Crippen LogP contribution is -2.39. The highest BCUT2D eigenvalue weighted by Crippen LogP contribution is 2.11. The second-order valence-corrected chi connectivity index (χ2v) is 4.14. The van der Waals surface area contributed by atoms with E-state index in [0.29, 0.717) is 6.42 Å². The van der Waals surface area contributed by atoms with Crippen LogP contribution < -0.4 is 0 Å². The van der Waals surface area contributed by atoms with E-state index in [-0.39, 0.29) is 0 Å². The molecule has 1 unspecified atom stereocenters. The van der Waals surface area contributed by atoms with Crippen molar-refractivity contribution >= 4 is 6.09 Å². The van der Waals surface area contributed by atoms with Crippen molar-refractivity contribution in [2.24, 2.45) is 0 Å². The van der Waals surface area contributed by atoms with Gasteiger partial charge in [0, 0.05) is 7.05 Å². The van der Waals surface area contributed by atoms with Crippen LogP contribution in [0.2, 0.25) is 0 Å². The Morgan fingerprint density at radius 1 is 1.57 bits per heavy atom. The van der Waals surface area contributed by atoms with Crippen molar-refractivity contribution in [2.45, 2.75) is 45.8 Å². The van der Waals surface area contributed by atoms with E-state index in [9.17, 15) is 4.79 Å². The van der Waals surface area contributed by atoms with E-state index < -0.39 is 17.7 Å². The normalized spacial score (nSPS) is 12.9. The Morgan fingerprint density at radius 3 is 2.36 bits per heavy atom. The van der Waals surface area contributed by atoms with Crippen LogP contribution in [0, 0.1) is 11.3 Å². The van der Waals surface area contributed by atoms with Crippen molar-refractivity contribution in [3.8, 4) is 6.07 Å². The van der Waals surface area contributed by atoms with E-state index in [0.717, 1.165) is 0 Å². The Morgan fingerprint density at radius 2 is 2.07 bits per heavy atom. The molecule has 0 saturated carbocycles. The Kier molecular flexibility index (Phi) is 4.42. The van der Waals surface area contributed by atoms with Crippen molar-refractivity contribution in [3.05, 3.63) is 0 Å². The molecule has 0 aliphatic heterocycles. The molecule has 0 heterocycles. The number of carbonyl (C=O) groups excluding carboxylic acids is 1. The minimum absolute atomic E-state index is 0.412. The number of amides is 1. The third-order valence-corrected chi connectivity index (χ3v) is 1.68. The SMILES string of the molecule is CCC(C#N)N(C)C(=O)OC(C)(C)C. The zero-order chi connectivity index (χ0) is 11.4. The number of carbonyl (C=O) groups is 1. The van der Waals surface area contributed by atoms with Gasteiger partial charge in [-0.1, -0.05) is 6.92 Å². The molecule has 0 aromatic rings. The van der Waals surface area contributed by atoms with Crippen molar-refractivity contribution < 1.29 is 9.53 Å². The van der Waals surface area contributed by atoms with Crippen LogP contribution in [0.15, 0.2) is 0 Å². The highest BCUT2D eigenvalue weighted by molar-refractivity contribution is 5.68. The largest absolute Gasteiger partial charge is 0.444 e. The molecule has 1 atom stereocenters. The molecule has 4 nitrogen and oxygen atoms in total. The number of nitrogens with zero attached hydrogens (tertiary/aromatic N) is 2. The lowest BCUT2D eigenvalue weighted by atomic mass is 10.2. The fourth-order valence-electron chi connectivity index (χ4n) is 0.913. The van der Waals surface area contributed by atoms with E-state index in [2.05, 4.69) is 0 Å². The van der Waals surface area contributed by atoms with Crippen molar-refractivity contribution in [3.63, 3.8) is 0 Å². The molecule has 14 heavy (non-hydrogen) atoms. The minimum atomic E-state index is -0.515. The van der Waals surface area contributed by atoms with Crippen molar-refractivity contribution in [2.75, 3.05) is 7.05 Å². The van der Waals surface area contributed by atoms with Gasteiger partial charge in [-0.3, -0.25) is 4.90 Å². The molecular formula is C10H18N2O2. The van der Waals surface area contributed by atoms with Crippen molar-refractivity contribution in [1.82, 2.24) is 4.90 Å². The Labute approximate surface area is 85.5 Å². The number of rotatable bonds is 2. The smallest absolute Gasteiger partial charge is 0.411 e. The zero-order valence-electron chi connectivity index (χ0n) is 9.50. The van der Waals surface area contributed by atoms with Crippen LogP contribution in [-0.4, -0.2) is 29.7 Å². The summed E-state index contributed by atoms with van der Waals surface area (Å²) in [7, 11) is 1.57. The van der Waals surface area contributed by atoms with E-state index in [1.807, 2.05) is 13.0 Å². The van der Waals surface area contributed by atoms with Crippen LogP contribution in [0.4, 0.5) is 4.79 Å². The predicted octanol–water partition coefficient (Wildman–Crippen LogP) is 2.16. The van der Waals surface area contributed by atoms with Gasteiger partial charge < -0.3 is 4.74 Å². The number of hydrogen-bond donors (Lipinski definition) is 0. The first-order chi connectivity index (χ1) is 6.31. The number of nitriles is 1. The van der Waals surface area contributed by atoms with Crippen LogP contribution in [0.3, 0.4) is 0 Å². The molecule has 0 aromatic heterocycles. The highest BCUT2D eigenvalue weighted by atomic mass is 16.6. The standard InChI is InChI=1S/C10H18N2O2/c1-6-8(7-11)12(5)9(13)14-10(2,3)4/h8H,6H2,1-5H3. The highest BCUT2D eigenvalue weighted by Gasteiger charge is 2.23. The maximum absolute atomic E-state index is 11.5. The summed E-state index contributed by atoms with van der Waals surface area (Å²) in [4.78, 5) is 12.8. The Balaban J connectivity index is 4.34. The summed E-state index contributed by atoms with van der Waals surface area (Å²) in [6.45, 7) is 7.25. The van der Waals surface area contributed by atoms with Crippen LogP contribution in [0.25, 0.3) is 0 Å². The van der Waals surface area contributed by atoms with E-state index in [1.54, 1.807) is 27.8 Å². The summed E-state index contributed by atoms with van der Waals surface area (Å²) in [5, 5.41) is 8.74. The topological polar surface area (TPSA) is 53.3 Å². The lowest BCUT2D eigenvalue weighted by Gasteiger charge is -2.26. The third-order valence-electron chi connectivity index (χ3n) is 1.68. The van der Waals surface area contributed by atoms with Crippen LogP contribution in [0.1, 0.15) is 34.1 Å². The molecule has 0 aliphatic carbocycles. The molecule has 0 bridgehead atoms. The van der Waals surface area contributed by atoms with Crippen LogP contribution >= 0.6 is 0 Å². The number of hydrogen-bond acceptors (Lipinski definition) is 3. The summed E-state index contributed by atoms with van der Waals surface area (Å²) < 4.78 is 5.12. The van der Waals surface area contributed by atoms with E-state index in [4.69, 9.17) is 10.00 Å². The van der Waals surface area contributed by atoms with Gasteiger partial charge in [0.05, 0.1) is 6.07 Å². The van der Waals surface area contributed by atoms with Gasteiger partial charge in [-0.05, 0) is 27.2 Å². The average molecular weight is 198 g/mol. The van der Waals surface area contributed by atoms with E-state index >= 15 is 0 Å². The van der Waals surface area contributed by atoms with Gasteiger partial charge in [0.25, 0.3) is 0 Å². The second-order valence-electron chi connectivity index (χ2n) is 4.14. The summed E-state index contributed by atoms with van der Waals surface area (Å²) >= 11 is 0. The quantitative estimate of drug-likeness (QED) is 0.683. The first kappa shape index (κ1) is 12.8. The molecule has 4 heteroatoms. The molecule has 0 saturated heterocycles. The lowest BCUT2D eigenvalue weighted by molar-refractivity contribution is 0.0257. The molecular weight excluding hydrogens is 180 g/mol. The van der Waals surface area contributed by atoms with Crippen LogP contribution in [-0.2, 0) is 4.74 Å². The van der Waals surface area contributed by atoms with Crippen molar-refractivity contribution in [1.29, 1.82) is 5.26 Å². The first-order valence-corrected chi connectivity index (χ1v) is 4.67. The molecule has 0 aliphatic rings. The van der Waals surface area contributed by atoms with Gasteiger partial charge in [-0.25, -0.2) is 4.79 Å². The molecule has 0 fully saturated rings. The zero-order valence-corrected chi connectivity index (χ0v) is 9.50. The van der Waals surface area contributed by atoms with Gasteiger partial charge in [-0.15, -0.1) is 0 Å². The summed E-state index contributed by atoms with van der Waals surface area (Å²) in [6.07, 6.45) is 0.151. The van der Waals surface area contributed by atoms with Crippen LogP contribution in [0.5, 0.6) is 0 Å². The molecule has 80 valence electrons. The van der Waals surface area contributed by atoms with E-state index in [1.165, 1.54) is 4.90 Å². The Bertz CT molecular complexity index is 237. The third kappa shape index (κ3) is 4.13. The summed E-state index contributed by atoms with van der Waals surface area (Å²) in [5.41, 5.74) is -0.515. The summed E-state index contributed by atoms with van der Waals surface area (Å²) in [5.74, 6) is 0. The average Bonchev–Trinajstić information content (AvgIpc) is 2.03.